The van der Waals surface area contributed by atoms with E-state index in [2.05, 4.69) is 21.3 Å². The van der Waals surface area contributed by atoms with Crippen LogP contribution in [0, 0.1) is 0 Å². The number of imide groups is 4. The molecule has 0 aliphatic carbocycles. The van der Waals surface area contributed by atoms with E-state index < -0.39 is 64.9 Å². The number of hydrogen-bond acceptors (Lipinski definition) is 20. The second-order valence-electron chi connectivity index (χ2n) is 18.1. The van der Waals surface area contributed by atoms with Crippen molar-refractivity contribution in [3.8, 4) is 0 Å². The Morgan fingerprint density at radius 1 is 0.571 bits per heavy atom. The summed E-state index contributed by atoms with van der Waals surface area (Å²) in [6.45, 7) is 15.5. The first-order valence-corrected chi connectivity index (χ1v) is 25.3. The predicted octanol–water partition coefficient (Wildman–Crippen LogP) is 2.81. The zero-order valence-corrected chi connectivity index (χ0v) is 43.5. The maximum atomic E-state index is 12.9. The van der Waals surface area contributed by atoms with Crippen LogP contribution in [0.15, 0.2) is 36.4 Å². The molecule has 8 amide bonds. The Morgan fingerprint density at radius 2 is 0.961 bits per heavy atom. The number of esters is 1. The smallest absolute Gasteiger partial charge is 0.306 e. The van der Waals surface area contributed by atoms with Crippen LogP contribution < -0.4 is 32.7 Å². The maximum absolute atomic E-state index is 12.9. The summed E-state index contributed by atoms with van der Waals surface area (Å²) < 4.78 is 37.0. The van der Waals surface area contributed by atoms with Gasteiger partial charge in [-0.1, -0.05) is 33.9 Å². The predicted molar refractivity (Wildman–Crippen MR) is 285 cm³/mol. The van der Waals surface area contributed by atoms with Crippen LogP contribution in [0.4, 0.5) is 11.4 Å². The molecule has 4 aliphatic heterocycles. The second-order valence-corrected chi connectivity index (χ2v) is 18.1. The van der Waals surface area contributed by atoms with E-state index in [1.54, 1.807) is 36.4 Å². The first-order chi connectivity index (χ1) is 36.0. The van der Waals surface area contributed by atoms with E-state index in [-0.39, 0.29) is 68.8 Å². The summed E-state index contributed by atoms with van der Waals surface area (Å²) in [5.74, 6) is -4.36. The fraction of sp³-hybridized carbons (Fsp3) is 0.604. The van der Waals surface area contributed by atoms with Crippen LogP contribution in [0.3, 0.4) is 0 Å². The number of amides is 8. The van der Waals surface area contributed by atoms with E-state index >= 15 is 0 Å². The van der Waals surface area contributed by atoms with Crippen molar-refractivity contribution in [1.29, 1.82) is 0 Å². The second kappa shape index (κ2) is 35.2. The number of fused-ring (bicyclic) bond motifs is 2. The third kappa shape index (κ3) is 21.2. The number of nitrogens with zero attached hydrogens (tertiary/aromatic N) is 2. The molecular weight excluding hydrogens is 1000 g/mol. The Morgan fingerprint density at radius 3 is 1.34 bits per heavy atom. The number of hydrogen-bond donors (Lipinski definition) is 6. The number of carbonyl (C=O) groups excluding carboxylic acids is 9. The van der Waals surface area contributed by atoms with E-state index in [9.17, 15) is 43.2 Å². The zero-order valence-electron chi connectivity index (χ0n) is 43.5. The minimum absolute atomic E-state index is 0. The molecule has 4 aliphatic rings. The molecule has 2 saturated heterocycles. The molecule has 2 unspecified atom stereocenters. The summed E-state index contributed by atoms with van der Waals surface area (Å²) in [6, 6.07) is 7.92. The Balaban J connectivity index is 0.000000405. The van der Waals surface area contributed by atoms with E-state index in [4.69, 9.17) is 44.6 Å². The Kier molecular flexibility index (Phi) is 30.6. The first kappa shape index (κ1) is 66.9. The molecule has 6 rings (SSSR count). The highest BCUT2D eigenvalue weighted by Crippen LogP contribution is 2.34. The molecule has 2 aromatic carbocycles. The molecule has 4 heterocycles. The Bertz CT molecular complexity index is 2140. The number of piperidine rings is 2. The van der Waals surface area contributed by atoms with Crippen molar-refractivity contribution in [2.75, 3.05) is 116 Å². The number of ether oxygens (including phenoxy) is 7. The van der Waals surface area contributed by atoms with Crippen molar-refractivity contribution in [1.82, 2.24) is 20.4 Å². The van der Waals surface area contributed by atoms with Crippen molar-refractivity contribution in [2.24, 2.45) is 11.5 Å². The molecular formula is C53H82N8O16. The lowest BCUT2D eigenvalue weighted by atomic mass is 10.0. The Hall–Kier alpha value is -6.25. The summed E-state index contributed by atoms with van der Waals surface area (Å²) in [7, 11) is 0. The summed E-state index contributed by atoms with van der Waals surface area (Å²) in [4.78, 5) is 112. The average molecular weight is 1090 g/mol. The molecule has 2 aromatic rings. The van der Waals surface area contributed by atoms with Gasteiger partial charge in [0, 0.05) is 70.0 Å². The number of rotatable bonds is 29. The molecule has 24 heteroatoms. The highest BCUT2D eigenvalue weighted by molar-refractivity contribution is 6.26. The van der Waals surface area contributed by atoms with Gasteiger partial charge in [0.15, 0.2) is 0 Å². The molecule has 0 spiro atoms. The van der Waals surface area contributed by atoms with Crippen LogP contribution in [-0.2, 0) is 57.1 Å². The Labute approximate surface area is 451 Å². The standard InChI is InChI=1S/C20H25N3O6.C19H24N4O6.C12H25NO4.2CH4/c1-2-9-28-11-12-29-10-8-21-14-5-3-4-13-17(14)20(27)23(19(13)26)15-6-7-16(24)22-18(15)25;20-6-8-28-10-11-29-9-7-21-13-3-1-2-12-16(13)19(27)23(18(12)26)14-4-5-15(24)22-17(14)25;1-12(2,3)17-11(14)5-4-7-15-9-10-16-8-6-13;;/h3-5,15,21H,2,6-12H2,1H3,(H,22,24,25);1-3,14,21H,4-11,20H2,(H,22,24,25);4-10,13H2,1-3H3;2*1H4. The van der Waals surface area contributed by atoms with E-state index in [1.165, 1.54) is 0 Å². The molecule has 0 radical (unpaired) electrons. The lowest BCUT2D eigenvalue weighted by Gasteiger charge is -2.27. The van der Waals surface area contributed by atoms with Gasteiger partial charge in [-0.05, 0) is 70.7 Å². The van der Waals surface area contributed by atoms with Crippen molar-refractivity contribution in [3.63, 3.8) is 0 Å². The molecule has 2 atom stereocenters. The van der Waals surface area contributed by atoms with Gasteiger partial charge in [-0.3, -0.25) is 63.6 Å². The summed E-state index contributed by atoms with van der Waals surface area (Å²) in [5.41, 5.74) is 12.1. The minimum Gasteiger partial charge on any atom is -0.460 e. The van der Waals surface area contributed by atoms with Crippen molar-refractivity contribution >= 4 is 64.6 Å². The molecule has 77 heavy (non-hydrogen) atoms. The summed E-state index contributed by atoms with van der Waals surface area (Å²) in [6.07, 6.45) is 2.46. The SMILES string of the molecule is C.C.CC(C)(C)OC(=O)CCCOCCOCCN.CCCOCCOCCNc1cccc2c1C(=O)N(C1CCC(=O)NC1=O)C2=O.NCCOCCOCCNc1cccc2c1C(=O)N(C1CCC(=O)NC1=O)C2=O. The number of carbonyl (C=O) groups is 9. The van der Waals surface area contributed by atoms with Gasteiger partial charge in [-0.15, -0.1) is 0 Å². The van der Waals surface area contributed by atoms with Crippen LogP contribution in [0.25, 0.3) is 0 Å². The summed E-state index contributed by atoms with van der Waals surface area (Å²) >= 11 is 0. The summed E-state index contributed by atoms with van der Waals surface area (Å²) in [5, 5.41) is 10.6. The molecule has 8 N–H and O–H groups in total. The quantitative estimate of drug-likeness (QED) is 0.0387. The first-order valence-electron chi connectivity index (χ1n) is 25.3. The van der Waals surface area contributed by atoms with E-state index in [0.29, 0.717) is 130 Å². The van der Waals surface area contributed by atoms with Gasteiger partial charge in [-0.2, -0.15) is 0 Å². The molecule has 2 fully saturated rings. The molecule has 0 bridgehead atoms. The van der Waals surface area contributed by atoms with Crippen LogP contribution >= 0.6 is 0 Å². The van der Waals surface area contributed by atoms with Crippen molar-refractivity contribution in [3.05, 3.63) is 58.7 Å². The van der Waals surface area contributed by atoms with Crippen LogP contribution in [0.1, 0.15) is 129 Å². The van der Waals surface area contributed by atoms with E-state index in [1.807, 2.05) is 27.7 Å². The fourth-order valence-electron chi connectivity index (χ4n) is 7.83. The minimum atomic E-state index is -0.982. The lowest BCUT2D eigenvalue weighted by molar-refractivity contribution is -0.155. The van der Waals surface area contributed by atoms with Gasteiger partial charge < -0.3 is 55.3 Å². The highest BCUT2D eigenvalue weighted by atomic mass is 16.6. The van der Waals surface area contributed by atoms with Gasteiger partial charge in [0.2, 0.25) is 23.6 Å². The van der Waals surface area contributed by atoms with Crippen molar-refractivity contribution < 1.29 is 76.3 Å². The maximum Gasteiger partial charge on any atom is 0.306 e. The third-order valence-corrected chi connectivity index (χ3v) is 11.1. The van der Waals surface area contributed by atoms with Crippen LogP contribution in [0.5, 0.6) is 0 Å². The van der Waals surface area contributed by atoms with Crippen molar-refractivity contribution in [2.45, 2.75) is 105 Å². The van der Waals surface area contributed by atoms with E-state index in [0.717, 1.165) is 16.2 Å². The molecule has 0 saturated carbocycles. The van der Waals surface area contributed by atoms with Crippen LogP contribution in [-0.4, -0.2) is 186 Å². The molecule has 0 aromatic heterocycles. The number of nitrogens with one attached hydrogen (secondary N) is 4. The fourth-order valence-corrected chi connectivity index (χ4v) is 7.83. The lowest BCUT2D eigenvalue weighted by Crippen LogP contribution is -2.54. The largest absolute Gasteiger partial charge is 0.460 e. The van der Waals surface area contributed by atoms with Gasteiger partial charge in [0.05, 0.1) is 88.3 Å². The number of anilines is 2. The normalized spacial score (nSPS) is 16.7. The highest BCUT2D eigenvalue weighted by Gasteiger charge is 2.47. The average Bonchev–Trinajstić information content (AvgIpc) is 3.78. The van der Waals surface area contributed by atoms with Crippen LogP contribution in [0.2, 0.25) is 0 Å². The number of benzene rings is 2. The van der Waals surface area contributed by atoms with Gasteiger partial charge in [-0.25, -0.2) is 0 Å². The van der Waals surface area contributed by atoms with Gasteiger partial charge in [0.25, 0.3) is 23.6 Å². The van der Waals surface area contributed by atoms with Gasteiger partial charge in [0.1, 0.15) is 17.7 Å². The topological polar surface area (TPSA) is 325 Å². The monoisotopic (exact) mass is 1090 g/mol. The zero-order chi connectivity index (χ0) is 54.8. The third-order valence-electron chi connectivity index (χ3n) is 11.1. The van der Waals surface area contributed by atoms with Gasteiger partial charge >= 0.3 is 5.97 Å². The molecule has 430 valence electrons. The number of nitrogens with two attached hydrogens (primary N) is 2. The molecule has 24 nitrogen and oxygen atoms in total.